The Morgan fingerprint density at radius 3 is 2.79 bits per heavy atom. The maximum absolute atomic E-state index is 14.8. The summed E-state index contributed by atoms with van der Waals surface area (Å²) in [6.45, 7) is 2.18. The summed E-state index contributed by atoms with van der Waals surface area (Å²) in [6, 6.07) is 7.57. The Labute approximate surface area is 226 Å². The van der Waals surface area contributed by atoms with Crippen molar-refractivity contribution in [2.75, 3.05) is 25.0 Å². The Bertz CT molecular complexity index is 1300. The number of amides is 1. The third-order valence-electron chi connectivity index (χ3n) is 5.21. The molecule has 14 heteroatoms. The number of alkyl halides is 2. The van der Waals surface area contributed by atoms with Crippen LogP contribution in [0.25, 0.3) is 0 Å². The molecule has 0 fully saturated rings. The number of nitrogens with one attached hydrogen (secondary N) is 1. The highest BCUT2D eigenvalue weighted by Gasteiger charge is 2.37. The van der Waals surface area contributed by atoms with E-state index >= 15 is 0 Å². The van der Waals surface area contributed by atoms with Crippen molar-refractivity contribution in [1.82, 2.24) is 9.91 Å². The monoisotopic (exact) mass is 568 g/mol. The van der Waals surface area contributed by atoms with Gasteiger partial charge in [0.15, 0.2) is 11.6 Å². The van der Waals surface area contributed by atoms with Gasteiger partial charge in [-0.3, -0.25) is 4.90 Å². The minimum Gasteiger partial charge on any atom is -0.445 e. The molecule has 0 saturated heterocycles. The van der Waals surface area contributed by atoms with E-state index in [0.29, 0.717) is 16.3 Å². The van der Waals surface area contributed by atoms with Crippen molar-refractivity contribution in [3.05, 3.63) is 70.5 Å². The number of nitriles is 1. The number of hydrogen-bond acceptors (Lipinski definition) is 6. The zero-order valence-electron chi connectivity index (χ0n) is 19.9. The number of hydrogen-bond donors (Lipinski definition) is 1. The normalized spacial score (nSPS) is 15.1. The molecule has 1 aliphatic heterocycles. The summed E-state index contributed by atoms with van der Waals surface area (Å²) in [5, 5.41) is 18.2. The highest BCUT2D eigenvalue weighted by molar-refractivity contribution is 6.42. The van der Waals surface area contributed by atoms with Crippen LogP contribution in [0, 0.1) is 17.3 Å². The average Bonchev–Trinajstić information content (AvgIpc) is 3.31. The van der Waals surface area contributed by atoms with Crippen LogP contribution in [0.4, 0.5) is 23.7 Å². The molecule has 1 aliphatic rings. The number of carbonyl (C=O) groups excluding carboxylic acids is 1. The number of likely N-dealkylation sites (N-methyl/N-ethyl adjacent to an activating group) is 1. The zero-order valence-corrected chi connectivity index (χ0v) is 21.4. The fraction of sp³-hybridized carbons (Fsp3) is 0.250. The number of rotatable bonds is 8. The van der Waals surface area contributed by atoms with Crippen LogP contribution in [0.5, 0.6) is 5.75 Å². The number of nitrogens with zero attached hydrogens (tertiary/aromatic N) is 5. The Balaban J connectivity index is 2.02. The topological polar surface area (TPSA) is 103 Å². The highest BCUT2D eigenvalue weighted by atomic mass is 35.5. The summed E-state index contributed by atoms with van der Waals surface area (Å²) in [5.41, 5.74) is 0.560. The Hall–Kier alpha value is -3.95. The summed E-state index contributed by atoms with van der Waals surface area (Å²) in [5.74, 6) is -2.08. The van der Waals surface area contributed by atoms with Crippen LogP contribution >= 0.6 is 23.2 Å². The summed E-state index contributed by atoms with van der Waals surface area (Å²) in [7, 11) is 0. The largest absolute Gasteiger partial charge is 0.445 e. The number of anilines is 1. The molecule has 0 radical (unpaired) electrons. The smallest absolute Gasteiger partial charge is 0.410 e. The molecule has 1 unspecified atom stereocenters. The van der Waals surface area contributed by atoms with Crippen LogP contribution in [0.3, 0.4) is 0 Å². The van der Waals surface area contributed by atoms with Gasteiger partial charge in [0, 0.05) is 12.1 Å². The molecule has 1 atom stereocenters. The average molecular weight is 569 g/mol. The van der Waals surface area contributed by atoms with Gasteiger partial charge in [-0.1, -0.05) is 48.0 Å². The molecule has 0 bridgehead atoms. The fourth-order valence-electron chi connectivity index (χ4n) is 3.58. The number of halogens is 5. The minimum atomic E-state index is -3.24. The van der Waals surface area contributed by atoms with Gasteiger partial charge in [0.1, 0.15) is 6.61 Å². The van der Waals surface area contributed by atoms with Gasteiger partial charge >= 0.3 is 12.7 Å². The standard InChI is InChI=1S/C24H21Cl2F3N6O3/c1-3-10-37-24(36)34(4-2)18-12-35(33-21(18)14-8-9-15(25)16(26)11-14)23(31-13-30)32-17-6-5-7-19(20(17)27)38-22(28)29/h3,5-9,11,18,22H,1,4,10,12H2,2H3,(H,31,32). The molecule has 3 rings (SSSR count). The van der Waals surface area contributed by atoms with Crippen molar-refractivity contribution in [3.8, 4) is 11.9 Å². The van der Waals surface area contributed by atoms with Crippen molar-refractivity contribution in [1.29, 1.82) is 5.26 Å². The summed E-state index contributed by atoms with van der Waals surface area (Å²) in [6.07, 6.45) is 2.37. The van der Waals surface area contributed by atoms with E-state index in [2.05, 4.69) is 26.7 Å². The first-order valence-electron chi connectivity index (χ1n) is 11.0. The van der Waals surface area contributed by atoms with E-state index in [1.165, 1.54) is 28.1 Å². The van der Waals surface area contributed by atoms with Gasteiger partial charge in [0.2, 0.25) is 12.2 Å². The number of aliphatic imine (C=N–C) groups is 1. The SMILES string of the molecule is C=CCOC(=O)N(CC)C1CN(/C(=N\C#N)Nc2cccc(OC(F)F)c2F)N=C1c1ccc(Cl)c(Cl)c1. The van der Waals surface area contributed by atoms with Crippen molar-refractivity contribution >= 4 is 46.7 Å². The number of benzene rings is 2. The van der Waals surface area contributed by atoms with E-state index in [1.54, 1.807) is 31.3 Å². The van der Waals surface area contributed by atoms with Gasteiger partial charge in [-0.2, -0.15) is 19.1 Å². The summed E-state index contributed by atoms with van der Waals surface area (Å²) < 4.78 is 49.5. The zero-order chi connectivity index (χ0) is 27.8. The fourth-order valence-corrected chi connectivity index (χ4v) is 3.87. The molecule has 200 valence electrons. The highest BCUT2D eigenvalue weighted by Crippen LogP contribution is 2.29. The quantitative estimate of drug-likeness (QED) is 0.189. The molecule has 0 aromatic heterocycles. The molecular weight excluding hydrogens is 548 g/mol. The van der Waals surface area contributed by atoms with Crippen LogP contribution in [-0.2, 0) is 4.74 Å². The Morgan fingerprint density at radius 1 is 1.39 bits per heavy atom. The number of ether oxygens (including phenoxy) is 2. The van der Waals surface area contributed by atoms with Crippen LogP contribution in [-0.4, -0.2) is 60.0 Å². The number of hydrazone groups is 1. The van der Waals surface area contributed by atoms with Gasteiger partial charge in [0.05, 0.1) is 34.0 Å². The molecule has 2 aromatic rings. The van der Waals surface area contributed by atoms with Gasteiger partial charge in [-0.05, 0) is 31.2 Å². The molecule has 9 nitrogen and oxygen atoms in total. The number of carbonyl (C=O) groups is 1. The second-order valence-corrected chi connectivity index (χ2v) is 8.33. The van der Waals surface area contributed by atoms with E-state index in [9.17, 15) is 23.2 Å². The molecule has 2 aromatic carbocycles. The van der Waals surface area contributed by atoms with Crippen molar-refractivity contribution in [2.24, 2.45) is 10.1 Å². The predicted octanol–water partition coefficient (Wildman–Crippen LogP) is 5.72. The molecule has 0 spiro atoms. The first-order valence-corrected chi connectivity index (χ1v) is 11.8. The van der Waals surface area contributed by atoms with E-state index in [4.69, 9.17) is 27.9 Å². The van der Waals surface area contributed by atoms with E-state index in [0.717, 1.165) is 6.07 Å². The van der Waals surface area contributed by atoms with Gasteiger partial charge in [-0.25, -0.2) is 14.2 Å². The summed E-state index contributed by atoms with van der Waals surface area (Å²) >= 11 is 12.3. The Kier molecular flexibility index (Phi) is 9.81. The maximum Gasteiger partial charge on any atom is 0.410 e. The Morgan fingerprint density at radius 2 is 2.16 bits per heavy atom. The lowest BCUT2D eigenvalue weighted by Crippen LogP contribution is -2.48. The van der Waals surface area contributed by atoms with Crippen LogP contribution < -0.4 is 10.1 Å². The van der Waals surface area contributed by atoms with E-state index in [1.807, 2.05) is 0 Å². The first-order chi connectivity index (χ1) is 18.2. The second kappa shape index (κ2) is 13.0. The third kappa shape index (κ3) is 6.67. The van der Waals surface area contributed by atoms with E-state index < -0.39 is 30.3 Å². The predicted molar refractivity (Wildman–Crippen MR) is 137 cm³/mol. The minimum absolute atomic E-state index is 0.0238. The van der Waals surface area contributed by atoms with E-state index in [-0.39, 0.29) is 36.4 Å². The van der Waals surface area contributed by atoms with Crippen LogP contribution in [0.2, 0.25) is 10.0 Å². The maximum atomic E-state index is 14.8. The number of guanidine groups is 1. The molecule has 1 heterocycles. The summed E-state index contributed by atoms with van der Waals surface area (Å²) in [4.78, 5) is 17.9. The van der Waals surface area contributed by atoms with Crippen molar-refractivity contribution < 1.29 is 27.4 Å². The lowest BCUT2D eigenvalue weighted by atomic mass is 10.0. The molecular formula is C24H21Cl2F3N6O3. The van der Waals surface area contributed by atoms with Gasteiger partial charge in [0.25, 0.3) is 0 Å². The second-order valence-electron chi connectivity index (χ2n) is 7.52. The molecule has 38 heavy (non-hydrogen) atoms. The van der Waals surface area contributed by atoms with Crippen molar-refractivity contribution in [3.63, 3.8) is 0 Å². The van der Waals surface area contributed by atoms with Crippen molar-refractivity contribution in [2.45, 2.75) is 19.6 Å². The van der Waals surface area contributed by atoms with Gasteiger partial charge < -0.3 is 14.8 Å². The van der Waals surface area contributed by atoms with Crippen LogP contribution in [0.1, 0.15) is 12.5 Å². The molecule has 1 N–H and O–H groups in total. The molecule has 1 amide bonds. The lowest BCUT2D eigenvalue weighted by Gasteiger charge is -2.28. The lowest BCUT2D eigenvalue weighted by molar-refractivity contribution is -0.0521. The van der Waals surface area contributed by atoms with Gasteiger partial charge in [-0.15, -0.1) is 4.99 Å². The third-order valence-corrected chi connectivity index (χ3v) is 5.95. The van der Waals surface area contributed by atoms with Crippen LogP contribution in [0.15, 0.2) is 59.1 Å². The molecule has 0 saturated carbocycles. The first kappa shape index (κ1) is 28.6. The molecule has 0 aliphatic carbocycles.